The summed E-state index contributed by atoms with van der Waals surface area (Å²) < 4.78 is 5.72. The monoisotopic (exact) mass is 455 g/mol. The highest BCUT2D eigenvalue weighted by molar-refractivity contribution is 6.33. The molecule has 2 N–H and O–H groups in total. The molecule has 158 valence electrons. The van der Waals surface area contributed by atoms with Crippen molar-refractivity contribution in [2.75, 3.05) is 6.54 Å². The van der Waals surface area contributed by atoms with Crippen LogP contribution < -0.4 is 15.5 Å². The van der Waals surface area contributed by atoms with E-state index in [2.05, 4.69) is 15.8 Å². The summed E-state index contributed by atoms with van der Waals surface area (Å²) in [6, 6.07) is 21.3. The third-order valence-corrected chi connectivity index (χ3v) is 4.71. The molecule has 0 aliphatic heterocycles. The highest BCUT2D eigenvalue weighted by Crippen LogP contribution is 2.16. The summed E-state index contributed by atoms with van der Waals surface area (Å²) in [4.78, 5) is 23.9. The van der Waals surface area contributed by atoms with E-state index >= 15 is 0 Å². The number of halogens is 2. The van der Waals surface area contributed by atoms with Crippen LogP contribution in [0.1, 0.15) is 21.5 Å². The van der Waals surface area contributed by atoms with Gasteiger partial charge in [-0.15, -0.1) is 0 Å². The molecule has 0 atom stereocenters. The Hall–Kier alpha value is -3.35. The maximum atomic E-state index is 12.0. The van der Waals surface area contributed by atoms with Crippen LogP contribution in [0.25, 0.3) is 0 Å². The molecule has 3 rings (SSSR count). The molecule has 31 heavy (non-hydrogen) atoms. The lowest BCUT2D eigenvalue weighted by atomic mass is 10.2. The predicted molar refractivity (Wildman–Crippen MR) is 122 cm³/mol. The molecule has 0 aromatic heterocycles. The Morgan fingerprint density at radius 3 is 2.35 bits per heavy atom. The van der Waals surface area contributed by atoms with E-state index in [0.717, 1.165) is 11.1 Å². The van der Waals surface area contributed by atoms with Crippen molar-refractivity contribution in [2.24, 2.45) is 5.10 Å². The van der Waals surface area contributed by atoms with E-state index in [9.17, 15) is 9.59 Å². The van der Waals surface area contributed by atoms with Crippen LogP contribution in [0.15, 0.2) is 77.9 Å². The number of nitrogens with zero attached hydrogens (tertiary/aromatic N) is 1. The number of carbonyl (C=O) groups is 2. The van der Waals surface area contributed by atoms with Gasteiger partial charge in [-0.1, -0.05) is 47.5 Å². The van der Waals surface area contributed by atoms with Crippen molar-refractivity contribution in [3.8, 4) is 5.75 Å². The minimum atomic E-state index is -0.459. The van der Waals surface area contributed by atoms with Crippen LogP contribution in [0.3, 0.4) is 0 Å². The Balaban J connectivity index is 1.41. The minimum Gasteiger partial charge on any atom is -0.489 e. The maximum Gasteiger partial charge on any atom is 0.259 e. The smallest absolute Gasteiger partial charge is 0.259 e. The molecule has 2 amide bonds. The van der Waals surface area contributed by atoms with E-state index in [4.69, 9.17) is 27.9 Å². The Morgan fingerprint density at radius 2 is 1.65 bits per heavy atom. The molecular weight excluding hydrogens is 437 g/mol. The van der Waals surface area contributed by atoms with Gasteiger partial charge >= 0.3 is 0 Å². The van der Waals surface area contributed by atoms with Gasteiger partial charge in [-0.25, -0.2) is 5.43 Å². The second-order valence-electron chi connectivity index (χ2n) is 6.44. The Morgan fingerprint density at radius 1 is 0.935 bits per heavy atom. The first-order chi connectivity index (χ1) is 15.0. The van der Waals surface area contributed by atoms with Gasteiger partial charge in [0, 0.05) is 5.02 Å². The lowest BCUT2D eigenvalue weighted by Gasteiger charge is -2.07. The largest absolute Gasteiger partial charge is 0.489 e. The lowest BCUT2D eigenvalue weighted by molar-refractivity contribution is -0.120. The van der Waals surface area contributed by atoms with Crippen molar-refractivity contribution < 1.29 is 14.3 Å². The number of nitrogens with one attached hydrogen (secondary N) is 2. The SMILES string of the molecule is O=C(CNC(=O)c1ccccc1Cl)N/N=C/c1ccc(OCc2ccc(Cl)cc2)cc1. The summed E-state index contributed by atoms with van der Waals surface area (Å²) in [6.45, 7) is 0.208. The summed E-state index contributed by atoms with van der Waals surface area (Å²) in [5.74, 6) is -0.183. The summed E-state index contributed by atoms with van der Waals surface area (Å²) in [7, 11) is 0. The van der Waals surface area contributed by atoms with E-state index in [-0.39, 0.29) is 6.54 Å². The van der Waals surface area contributed by atoms with E-state index in [1.54, 1.807) is 24.3 Å². The molecule has 0 unspecified atom stereocenters. The summed E-state index contributed by atoms with van der Waals surface area (Å²) in [6.07, 6.45) is 1.50. The van der Waals surface area contributed by atoms with E-state index in [1.165, 1.54) is 6.21 Å². The molecule has 3 aromatic carbocycles. The van der Waals surface area contributed by atoms with Gasteiger partial charge in [-0.3, -0.25) is 9.59 Å². The van der Waals surface area contributed by atoms with Crippen LogP contribution in [0, 0.1) is 0 Å². The van der Waals surface area contributed by atoms with Gasteiger partial charge in [0.05, 0.1) is 23.3 Å². The van der Waals surface area contributed by atoms with Crippen LogP contribution in [0.4, 0.5) is 0 Å². The molecule has 0 fully saturated rings. The van der Waals surface area contributed by atoms with Crippen molar-refractivity contribution in [3.05, 3.63) is 99.5 Å². The number of hydrogen-bond donors (Lipinski definition) is 2. The van der Waals surface area contributed by atoms with Gasteiger partial charge in [0.2, 0.25) is 0 Å². The van der Waals surface area contributed by atoms with Gasteiger partial charge in [-0.05, 0) is 59.7 Å². The van der Waals surface area contributed by atoms with Crippen molar-refractivity contribution >= 4 is 41.2 Å². The summed E-state index contributed by atoms with van der Waals surface area (Å²) >= 11 is 11.8. The number of ether oxygens (including phenoxy) is 1. The third-order valence-electron chi connectivity index (χ3n) is 4.13. The number of benzene rings is 3. The van der Waals surface area contributed by atoms with Gasteiger partial charge in [0.1, 0.15) is 12.4 Å². The van der Waals surface area contributed by atoms with Crippen LogP contribution >= 0.6 is 23.2 Å². The summed E-state index contributed by atoms with van der Waals surface area (Å²) in [5, 5.41) is 7.38. The van der Waals surface area contributed by atoms with Crippen molar-refractivity contribution in [1.29, 1.82) is 0 Å². The van der Waals surface area contributed by atoms with Crippen molar-refractivity contribution in [1.82, 2.24) is 10.7 Å². The number of amides is 2. The molecule has 0 radical (unpaired) electrons. The minimum absolute atomic E-state index is 0.223. The van der Waals surface area contributed by atoms with E-state index in [1.807, 2.05) is 48.5 Å². The lowest BCUT2D eigenvalue weighted by Crippen LogP contribution is -2.35. The van der Waals surface area contributed by atoms with Crippen LogP contribution in [0.2, 0.25) is 10.0 Å². The molecule has 6 nitrogen and oxygen atoms in total. The fourth-order valence-electron chi connectivity index (χ4n) is 2.52. The van der Waals surface area contributed by atoms with Crippen molar-refractivity contribution in [2.45, 2.75) is 6.61 Å². The molecule has 0 aliphatic carbocycles. The van der Waals surface area contributed by atoms with Crippen LogP contribution in [-0.2, 0) is 11.4 Å². The summed E-state index contributed by atoms with van der Waals surface area (Å²) in [5.41, 5.74) is 4.45. The van der Waals surface area contributed by atoms with Gasteiger partial charge in [0.25, 0.3) is 11.8 Å². The zero-order valence-corrected chi connectivity index (χ0v) is 17.9. The van der Waals surface area contributed by atoms with E-state index < -0.39 is 11.8 Å². The van der Waals surface area contributed by atoms with Gasteiger partial charge in [0.15, 0.2) is 0 Å². The number of hydrogen-bond acceptors (Lipinski definition) is 4. The highest BCUT2D eigenvalue weighted by atomic mass is 35.5. The van der Waals surface area contributed by atoms with E-state index in [0.29, 0.717) is 28.0 Å². The van der Waals surface area contributed by atoms with Gasteiger partial charge < -0.3 is 10.1 Å². The fraction of sp³-hybridized carbons (Fsp3) is 0.0870. The van der Waals surface area contributed by atoms with Crippen LogP contribution in [-0.4, -0.2) is 24.6 Å². The molecule has 3 aromatic rings. The molecule has 8 heteroatoms. The topological polar surface area (TPSA) is 79.8 Å². The zero-order valence-electron chi connectivity index (χ0n) is 16.3. The Kier molecular flexibility index (Phi) is 8.04. The number of carbonyl (C=O) groups excluding carboxylic acids is 2. The average Bonchev–Trinajstić information content (AvgIpc) is 2.78. The Labute approximate surface area is 189 Å². The molecule has 0 saturated heterocycles. The quantitative estimate of drug-likeness (QED) is 0.388. The van der Waals surface area contributed by atoms with Crippen molar-refractivity contribution in [3.63, 3.8) is 0 Å². The third kappa shape index (κ3) is 7.13. The van der Waals surface area contributed by atoms with Gasteiger partial charge in [-0.2, -0.15) is 5.10 Å². The number of hydrazone groups is 1. The molecule has 0 heterocycles. The van der Waals surface area contributed by atoms with Crippen LogP contribution in [0.5, 0.6) is 5.75 Å². The first-order valence-electron chi connectivity index (χ1n) is 9.33. The predicted octanol–water partition coefficient (Wildman–Crippen LogP) is 4.45. The maximum absolute atomic E-state index is 12.0. The zero-order chi connectivity index (χ0) is 22.1. The fourth-order valence-corrected chi connectivity index (χ4v) is 2.86. The molecule has 0 bridgehead atoms. The standard InChI is InChI=1S/C23H19Cl2N3O3/c24-18-9-5-17(6-10-18)15-31-19-11-7-16(8-12-19)13-27-28-22(29)14-26-23(30)20-3-1-2-4-21(20)25/h1-13H,14-15H2,(H,26,30)(H,28,29)/b27-13+. The Bertz CT molecular complexity index is 1070. The second kappa shape index (κ2) is 11.2. The first-order valence-corrected chi connectivity index (χ1v) is 10.1. The molecule has 0 spiro atoms. The second-order valence-corrected chi connectivity index (χ2v) is 7.28. The first kappa shape index (κ1) is 22.3. The molecular formula is C23H19Cl2N3O3. The normalized spacial score (nSPS) is 10.6. The highest BCUT2D eigenvalue weighted by Gasteiger charge is 2.10. The molecule has 0 saturated carbocycles. The number of rotatable bonds is 8. The average molecular weight is 456 g/mol. The molecule has 0 aliphatic rings.